The molecule has 0 aliphatic heterocycles. The molecule has 0 heterocycles. The predicted octanol–water partition coefficient (Wildman–Crippen LogP) is 3.30. The molecule has 0 aliphatic carbocycles. The van der Waals surface area contributed by atoms with Crippen LogP contribution in [0.2, 0.25) is 10.0 Å². The van der Waals surface area contributed by atoms with Gasteiger partial charge in [0.2, 0.25) is 5.91 Å². The zero-order valence-electron chi connectivity index (χ0n) is 13.5. The third-order valence-corrected chi connectivity index (χ3v) is 4.60. The molecule has 0 aliphatic rings. The van der Waals surface area contributed by atoms with Crippen LogP contribution >= 0.6 is 23.2 Å². The van der Waals surface area contributed by atoms with Crippen LogP contribution in [0.25, 0.3) is 0 Å². The second-order valence-electron chi connectivity index (χ2n) is 5.40. The van der Waals surface area contributed by atoms with Gasteiger partial charge in [0.05, 0.1) is 15.6 Å². The second-order valence-corrected chi connectivity index (χ2v) is 6.21. The Morgan fingerprint density at radius 3 is 2.50 bits per heavy atom. The minimum Gasteiger partial charge on any atom is -0.465 e. The van der Waals surface area contributed by atoms with E-state index in [1.54, 1.807) is 6.07 Å². The van der Waals surface area contributed by atoms with Crippen molar-refractivity contribution < 1.29 is 19.5 Å². The second kappa shape index (κ2) is 8.89. The molecule has 6 nitrogen and oxygen atoms in total. The molecule has 0 fully saturated rings. The highest BCUT2D eigenvalue weighted by atomic mass is 35.5. The minimum absolute atomic E-state index is 0.0503. The van der Waals surface area contributed by atoms with Crippen molar-refractivity contribution in [3.63, 3.8) is 0 Å². The number of benzene rings is 1. The summed E-state index contributed by atoms with van der Waals surface area (Å²) in [5.41, 5.74) is -0.795. The van der Waals surface area contributed by atoms with Crippen molar-refractivity contribution >= 4 is 41.5 Å². The summed E-state index contributed by atoms with van der Waals surface area (Å²) in [6, 6.07) is 4.64. The van der Waals surface area contributed by atoms with E-state index in [2.05, 4.69) is 5.32 Å². The molecule has 1 aromatic carbocycles. The number of carboxylic acid groups (broad SMARTS) is 1. The van der Waals surface area contributed by atoms with Crippen molar-refractivity contribution in [3.05, 3.63) is 33.8 Å². The van der Waals surface area contributed by atoms with Crippen LogP contribution in [0, 0.1) is 0 Å². The van der Waals surface area contributed by atoms with Gasteiger partial charge in [-0.1, -0.05) is 36.2 Å². The Bertz CT molecular complexity index is 624. The topological polar surface area (TPSA) is 86.7 Å². The van der Waals surface area contributed by atoms with E-state index < -0.39 is 11.6 Å². The van der Waals surface area contributed by atoms with Gasteiger partial charge in [0.15, 0.2) is 0 Å². The Balaban J connectivity index is 3.34. The van der Waals surface area contributed by atoms with E-state index in [9.17, 15) is 19.5 Å². The van der Waals surface area contributed by atoms with Gasteiger partial charge in [-0.3, -0.25) is 9.69 Å². The number of aldehydes is 1. The highest BCUT2D eigenvalue weighted by Gasteiger charge is 2.40. The van der Waals surface area contributed by atoms with Crippen LogP contribution in [0.4, 0.5) is 4.79 Å². The average molecular weight is 375 g/mol. The molecule has 24 heavy (non-hydrogen) atoms. The van der Waals surface area contributed by atoms with Crippen molar-refractivity contribution in [1.29, 1.82) is 0 Å². The van der Waals surface area contributed by atoms with Crippen molar-refractivity contribution in [2.75, 3.05) is 13.6 Å². The smallest absolute Gasteiger partial charge is 0.407 e. The monoisotopic (exact) mass is 374 g/mol. The Morgan fingerprint density at radius 2 is 2.00 bits per heavy atom. The van der Waals surface area contributed by atoms with E-state index in [4.69, 9.17) is 23.2 Å². The van der Waals surface area contributed by atoms with Crippen LogP contribution < -0.4 is 5.32 Å². The highest BCUT2D eigenvalue weighted by Crippen LogP contribution is 2.34. The molecule has 0 bridgehead atoms. The molecule has 1 aromatic rings. The Labute approximate surface area is 150 Å². The number of halogens is 2. The molecular formula is C16H20Cl2N2O4. The number of rotatable bonds is 8. The molecule has 132 valence electrons. The zero-order valence-corrected chi connectivity index (χ0v) is 15.0. The molecule has 1 unspecified atom stereocenters. The maximum atomic E-state index is 11.8. The van der Waals surface area contributed by atoms with Crippen molar-refractivity contribution in [2.24, 2.45) is 0 Å². The summed E-state index contributed by atoms with van der Waals surface area (Å²) in [4.78, 5) is 35.6. The van der Waals surface area contributed by atoms with Gasteiger partial charge in [0.25, 0.3) is 0 Å². The van der Waals surface area contributed by atoms with Crippen LogP contribution in [0.1, 0.15) is 31.7 Å². The SMILES string of the molecule is CCCC(=O)NCC(CC=O)(c1ccc(Cl)c(Cl)c1)N(C)C(=O)O. The molecule has 8 heteroatoms. The first kappa shape index (κ1) is 20.3. The molecule has 1 rings (SSSR count). The fraction of sp³-hybridized carbons (Fsp3) is 0.438. The number of likely N-dealkylation sites (N-methyl/N-ethyl adjacent to an activating group) is 1. The van der Waals surface area contributed by atoms with E-state index in [1.807, 2.05) is 6.92 Å². The summed E-state index contributed by atoms with van der Waals surface area (Å²) < 4.78 is 0. The van der Waals surface area contributed by atoms with Gasteiger partial charge in [0.1, 0.15) is 6.29 Å². The summed E-state index contributed by atoms with van der Waals surface area (Å²) in [6.07, 6.45) is 0.227. The first-order chi connectivity index (χ1) is 11.3. The molecule has 0 spiro atoms. The molecule has 2 N–H and O–H groups in total. The fourth-order valence-corrected chi connectivity index (χ4v) is 2.71. The van der Waals surface area contributed by atoms with E-state index in [1.165, 1.54) is 19.2 Å². The number of hydrogen-bond donors (Lipinski definition) is 2. The maximum Gasteiger partial charge on any atom is 0.407 e. The molecule has 0 saturated carbocycles. The predicted molar refractivity (Wildman–Crippen MR) is 92.5 cm³/mol. The maximum absolute atomic E-state index is 11.8. The first-order valence-electron chi connectivity index (χ1n) is 7.41. The van der Waals surface area contributed by atoms with Gasteiger partial charge < -0.3 is 15.2 Å². The van der Waals surface area contributed by atoms with Crippen LogP contribution in [0.15, 0.2) is 18.2 Å². The molecule has 0 radical (unpaired) electrons. The van der Waals surface area contributed by atoms with Crippen LogP contribution in [-0.2, 0) is 15.1 Å². The molecule has 1 atom stereocenters. The number of nitrogens with zero attached hydrogens (tertiary/aromatic N) is 1. The molecular weight excluding hydrogens is 355 g/mol. The summed E-state index contributed by atoms with van der Waals surface area (Å²) >= 11 is 12.0. The van der Waals surface area contributed by atoms with E-state index in [-0.39, 0.29) is 23.9 Å². The third kappa shape index (κ3) is 4.61. The standard InChI is InChI=1S/C16H20Cl2N2O4/c1-3-4-14(22)19-10-16(7-8-21,20(2)15(23)24)11-5-6-12(17)13(18)9-11/h5-6,8-9H,3-4,7,10H2,1-2H3,(H,19,22)(H,23,24). The summed E-state index contributed by atoms with van der Waals surface area (Å²) in [7, 11) is 1.35. The Morgan fingerprint density at radius 1 is 1.33 bits per heavy atom. The quantitative estimate of drug-likeness (QED) is 0.683. The highest BCUT2D eigenvalue weighted by molar-refractivity contribution is 6.42. The van der Waals surface area contributed by atoms with Crippen molar-refractivity contribution in [3.8, 4) is 0 Å². The Kier molecular flexibility index (Phi) is 7.51. The van der Waals surface area contributed by atoms with Crippen LogP contribution in [-0.4, -0.2) is 41.9 Å². The minimum atomic E-state index is -1.27. The van der Waals surface area contributed by atoms with Gasteiger partial charge in [-0.15, -0.1) is 0 Å². The van der Waals surface area contributed by atoms with Crippen LogP contribution in [0.3, 0.4) is 0 Å². The number of amides is 2. The lowest BCUT2D eigenvalue weighted by Crippen LogP contribution is -2.54. The fourth-order valence-electron chi connectivity index (χ4n) is 2.41. The van der Waals surface area contributed by atoms with Gasteiger partial charge in [0, 0.05) is 26.4 Å². The molecule has 2 amide bonds. The lowest BCUT2D eigenvalue weighted by atomic mass is 9.85. The van der Waals surface area contributed by atoms with E-state index >= 15 is 0 Å². The summed E-state index contributed by atoms with van der Waals surface area (Å²) in [6.45, 7) is 1.81. The van der Waals surface area contributed by atoms with Crippen LogP contribution in [0.5, 0.6) is 0 Å². The Hall–Kier alpha value is -1.79. The van der Waals surface area contributed by atoms with Crippen molar-refractivity contribution in [2.45, 2.75) is 31.7 Å². The third-order valence-electron chi connectivity index (χ3n) is 3.86. The largest absolute Gasteiger partial charge is 0.465 e. The first-order valence-corrected chi connectivity index (χ1v) is 8.16. The number of carbonyl (C=O) groups is 3. The number of hydrogen-bond acceptors (Lipinski definition) is 3. The number of carbonyl (C=O) groups excluding carboxylic acids is 2. The lowest BCUT2D eigenvalue weighted by Gasteiger charge is -2.40. The van der Waals surface area contributed by atoms with Crippen molar-refractivity contribution in [1.82, 2.24) is 10.2 Å². The van der Waals surface area contributed by atoms with Gasteiger partial charge in [-0.25, -0.2) is 4.79 Å². The average Bonchev–Trinajstić information content (AvgIpc) is 2.53. The summed E-state index contributed by atoms with van der Waals surface area (Å²) in [5.74, 6) is -0.216. The zero-order chi connectivity index (χ0) is 18.3. The van der Waals surface area contributed by atoms with Gasteiger partial charge >= 0.3 is 6.09 Å². The van der Waals surface area contributed by atoms with Gasteiger partial charge in [-0.05, 0) is 24.1 Å². The lowest BCUT2D eigenvalue weighted by molar-refractivity contribution is -0.122. The molecule has 0 saturated heterocycles. The van der Waals surface area contributed by atoms with Gasteiger partial charge in [-0.2, -0.15) is 0 Å². The summed E-state index contributed by atoms with van der Waals surface area (Å²) in [5, 5.41) is 12.7. The molecule has 0 aromatic heterocycles. The number of nitrogens with one attached hydrogen (secondary N) is 1. The van der Waals surface area contributed by atoms with E-state index in [0.717, 1.165) is 4.90 Å². The normalized spacial score (nSPS) is 13.0. The van der Waals surface area contributed by atoms with E-state index in [0.29, 0.717) is 29.7 Å².